The number of amides is 1. The Bertz CT molecular complexity index is 718. The molecule has 3 aliphatic rings. The molecule has 7 heteroatoms. The van der Waals surface area contributed by atoms with Gasteiger partial charge in [-0.05, 0) is 46.2 Å². The molecule has 1 aromatic rings. The van der Waals surface area contributed by atoms with Crippen molar-refractivity contribution in [1.82, 2.24) is 0 Å². The summed E-state index contributed by atoms with van der Waals surface area (Å²) in [7, 11) is 0. The van der Waals surface area contributed by atoms with Gasteiger partial charge in [0.2, 0.25) is 0 Å². The van der Waals surface area contributed by atoms with Crippen molar-refractivity contribution in [3.63, 3.8) is 0 Å². The molecule has 0 bridgehead atoms. The predicted molar refractivity (Wildman–Crippen MR) is 92.3 cm³/mol. The van der Waals surface area contributed by atoms with Gasteiger partial charge in [-0.1, -0.05) is 18.2 Å². The molecule has 0 unspecified atom stereocenters. The summed E-state index contributed by atoms with van der Waals surface area (Å²) in [5, 5.41) is 2.92. The van der Waals surface area contributed by atoms with Crippen molar-refractivity contribution in [3.05, 3.63) is 29.8 Å². The highest BCUT2D eigenvalue weighted by Crippen LogP contribution is 2.44. The molecule has 26 heavy (non-hydrogen) atoms. The molecule has 3 aliphatic heterocycles. The lowest BCUT2D eigenvalue weighted by Crippen LogP contribution is -2.58. The normalized spacial score (nSPS) is 37.0. The average Bonchev–Trinajstić information content (AvgIpc) is 3.02. The number of nitrogens with one attached hydrogen (secondary N) is 1. The fraction of sp³-hybridized carbons (Fsp3) is 0.632. The second kappa shape index (κ2) is 6.00. The molecule has 0 saturated carbocycles. The van der Waals surface area contributed by atoms with Crippen LogP contribution in [0.3, 0.4) is 0 Å². The summed E-state index contributed by atoms with van der Waals surface area (Å²) in [5.41, 5.74) is 1.71. The van der Waals surface area contributed by atoms with E-state index in [1.54, 1.807) is 0 Å². The molecule has 1 N–H and O–H groups in total. The molecule has 0 aromatic heterocycles. The zero-order chi connectivity index (χ0) is 18.7. The van der Waals surface area contributed by atoms with E-state index in [4.69, 9.17) is 23.7 Å². The van der Waals surface area contributed by atoms with E-state index in [1.807, 2.05) is 58.9 Å². The molecule has 1 aromatic carbocycles. The van der Waals surface area contributed by atoms with Crippen LogP contribution in [0.5, 0.6) is 0 Å². The molecule has 5 atom stereocenters. The molecule has 1 amide bonds. The quantitative estimate of drug-likeness (QED) is 0.869. The molecular weight excluding hydrogens is 338 g/mol. The van der Waals surface area contributed by atoms with Crippen LogP contribution in [0.4, 0.5) is 5.69 Å². The zero-order valence-electron chi connectivity index (χ0n) is 15.6. The van der Waals surface area contributed by atoms with Gasteiger partial charge in [-0.15, -0.1) is 0 Å². The van der Waals surface area contributed by atoms with Crippen LogP contribution in [0.1, 0.15) is 33.3 Å². The third-order valence-electron chi connectivity index (χ3n) is 4.82. The maximum Gasteiger partial charge on any atom is 0.256 e. The molecule has 0 radical (unpaired) electrons. The maximum atomic E-state index is 13.0. The van der Waals surface area contributed by atoms with Gasteiger partial charge in [0.05, 0.1) is 0 Å². The monoisotopic (exact) mass is 363 g/mol. The molecule has 3 fully saturated rings. The number of hydrogen-bond donors (Lipinski definition) is 1. The Hall–Kier alpha value is -1.51. The Morgan fingerprint density at radius 3 is 2.27 bits per heavy atom. The molecule has 7 nitrogen and oxygen atoms in total. The molecule has 0 aliphatic carbocycles. The number of carbonyl (C=O) groups is 1. The van der Waals surface area contributed by atoms with Crippen molar-refractivity contribution in [2.45, 2.75) is 76.9 Å². The largest absolute Gasteiger partial charge is 0.342 e. The van der Waals surface area contributed by atoms with E-state index in [0.29, 0.717) is 0 Å². The SMILES string of the molecule is Cc1ccccc1NC(=O)[C@@H]1O[C@@H]2OC(C)(C)O[C@@H]2[C@H]2OC(C)(C)O[C@@H]21. The minimum absolute atomic E-state index is 0.289. The molecule has 4 rings (SSSR count). The van der Waals surface area contributed by atoms with Crippen LogP contribution < -0.4 is 5.32 Å². The van der Waals surface area contributed by atoms with Crippen LogP contribution >= 0.6 is 0 Å². The first-order chi connectivity index (χ1) is 12.2. The van der Waals surface area contributed by atoms with Gasteiger partial charge in [-0.25, -0.2) is 0 Å². The number of fused-ring (bicyclic) bond motifs is 3. The first-order valence-corrected chi connectivity index (χ1v) is 8.88. The van der Waals surface area contributed by atoms with E-state index < -0.39 is 42.3 Å². The van der Waals surface area contributed by atoms with Gasteiger partial charge in [0.1, 0.15) is 18.3 Å². The molecular formula is C19H25NO6. The van der Waals surface area contributed by atoms with E-state index in [-0.39, 0.29) is 5.91 Å². The van der Waals surface area contributed by atoms with Crippen molar-refractivity contribution in [2.75, 3.05) is 5.32 Å². The number of benzene rings is 1. The fourth-order valence-electron chi connectivity index (χ4n) is 3.74. The summed E-state index contributed by atoms with van der Waals surface area (Å²) in [6.07, 6.45) is -3.01. The van der Waals surface area contributed by atoms with E-state index >= 15 is 0 Å². The second-order valence-electron chi connectivity index (χ2n) is 7.89. The van der Waals surface area contributed by atoms with Gasteiger partial charge >= 0.3 is 0 Å². The van der Waals surface area contributed by atoms with Crippen molar-refractivity contribution >= 4 is 11.6 Å². The van der Waals surface area contributed by atoms with Crippen LogP contribution in [0.15, 0.2) is 24.3 Å². The number of carbonyl (C=O) groups excluding carboxylic acids is 1. The summed E-state index contributed by atoms with van der Waals surface area (Å²) in [5.74, 6) is -1.93. The lowest BCUT2D eigenvalue weighted by molar-refractivity contribution is -0.229. The Morgan fingerprint density at radius 2 is 1.54 bits per heavy atom. The highest BCUT2D eigenvalue weighted by molar-refractivity contribution is 5.95. The van der Waals surface area contributed by atoms with Crippen LogP contribution in [-0.2, 0) is 28.5 Å². The van der Waals surface area contributed by atoms with Crippen LogP contribution in [-0.4, -0.2) is 48.2 Å². The third kappa shape index (κ3) is 3.14. The van der Waals surface area contributed by atoms with Crippen LogP contribution in [0, 0.1) is 6.92 Å². The molecule has 0 spiro atoms. The van der Waals surface area contributed by atoms with Gasteiger partial charge in [0.15, 0.2) is 24.0 Å². The lowest BCUT2D eigenvalue weighted by Gasteiger charge is -2.36. The van der Waals surface area contributed by atoms with Gasteiger partial charge in [0.25, 0.3) is 5.91 Å². The summed E-state index contributed by atoms with van der Waals surface area (Å²) in [6, 6.07) is 7.58. The van der Waals surface area contributed by atoms with Gasteiger partial charge in [0, 0.05) is 5.69 Å². The number of hydrogen-bond acceptors (Lipinski definition) is 6. The molecule has 3 heterocycles. The summed E-state index contributed by atoms with van der Waals surface area (Å²) in [6.45, 7) is 9.19. The van der Waals surface area contributed by atoms with Crippen molar-refractivity contribution in [3.8, 4) is 0 Å². The minimum atomic E-state index is -0.861. The number of para-hydroxylation sites is 1. The minimum Gasteiger partial charge on any atom is -0.342 e. The molecule has 142 valence electrons. The van der Waals surface area contributed by atoms with E-state index in [1.165, 1.54) is 0 Å². The highest BCUT2D eigenvalue weighted by atomic mass is 16.9. The zero-order valence-corrected chi connectivity index (χ0v) is 15.6. The second-order valence-corrected chi connectivity index (χ2v) is 7.89. The van der Waals surface area contributed by atoms with Crippen LogP contribution in [0.25, 0.3) is 0 Å². The summed E-state index contributed by atoms with van der Waals surface area (Å²) >= 11 is 0. The topological polar surface area (TPSA) is 75.3 Å². The van der Waals surface area contributed by atoms with Crippen molar-refractivity contribution in [2.24, 2.45) is 0 Å². The predicted octanol–water partition coefficient (Wildman–Crippen LogP) is 2.33. The number of aryl methyl sites for hydroxylation is 1. The van der Waals surface area contributed by atoms with E-state index in [0.717, 1.165) is 11.3 Å². The van der Waals surface area contributed by atoms with Crippen molar-refractivity contribution in [1.29, 1.82) is 0 Å². The average molecular weight is 363 g/mol. The Balaban J connectivity index is 1.59. The number of anilines is 1. The summed E-state index contributed by atoms with van der Waals surface area (Å²) in [4.78, 5) is 13.0. The lowest BCUT2D eigenvalue weighted by atomic mass is 9.98. The smallest absolute Gasteiger partial charge is 0.256 e. The number of rotatable bonds is 2. The highest BCUT2D eigenvalue weighted by Gasteiger charge is 2.62. The molecule has 3 saturated heterocycles. The Kier molecular flexibility index (Phi) is 4.13. The Labute approximate surface area is 152 Å². The Morgan fingerprint density at radius 1 is 0.923 bits per heavy atom. The van der Waals surface area contributed by atoms with Gasteiger partial charge in [-0.2, -0.15) is 0 Å². The van der Waals surface area contributed by atoms with E-state index in [2.05, 4.69) is 5.32 Å². The van der Waals surface area contributed by atoms with E-state index in [9.17, 15) is 4.79 Å². The number of ether oxygens (including phenoxy) is 5. The maximum absolute atomic E-state index is 13.0. The first kappa shape index (κ1) is 17.9. The fourth-order valence-corrected chi connectivity index (χ4v) is 3.74. The van der Waals surface area contributed by atoms with Gasteiger partial charge in [-0.3, -0.25) is 4.79 Å². The first-order valence-electron chi connectivity index (χ1n) is 8.88. The standard InChI is InChI=1S/C19H25NO6/c1-10-8-6-7-9-11(10)20-16(21)14-12-13(24-18(2,3)23-12)15-17(22-14)26-19(4,5)25-15/h6-9,12-15,17H,1-5H3,(H,20,21)/t12-,13-,14+,15+,17+/m0/s1. The van der Waals surface area contributed by atoms with Crippen LogP contribution in [0.2, 0.25) is 0 Å². The van der Waals surface area contributed by atoms with Crippen molar-refractivity contribution < 1.29 is 28.5 Å². The third-order valence-corrected chi connectivity index (χ3v) is 4.82. The summed E-state index contributed by atoms with van der Waals surface area (Å²) < 4.78 is 29.7. The van der Waals surface area contributed by atoms with Gasteiger partial charge < -0.3 is 29.0 Å².